The number of hydrogen-bond donors (Lipinski definition) is 0. The van der Waals surface area contributed by atoms with E-state index in [1.807, 2.05) is 34.1 Å². The Bertz CT molecular complexity index is 995. The van der Waals surface area contributed by atoms with Gasteiger partial charge in [0.1, 0.15) is 0 Å². The number of hydrogen-bond acceptors (Lipinski definition) is 2. The van der Waals surface area contributed by atoms with Crippen molar-refractivity contribution < 1.29 is 9.59 Å². The van der Waals surface area contributed by atoms with Gasteiger partial charge in [-0.25, -0.2) is 0 Å². The van der Waals surface area contributed by atoms with Crippen LogP contribution in [0.3, 0.4) is 0 Å². The van der Waals surface area contributed by atoms with E-state index in [0.717, 1.165) is 37.3 Å². The third-order valence-corrected chi connectivity index (χ3v) is 7.82. The second-order valence-corrected chi connectivity index (χ2v) is 9.81. The lowest BCUT2D eigenvalue weighted by Crippen LogP contribution is -2.51. The highest BCUT2D eigenvalue weighted by Crippen LogP contribution is 2.49. The minimum absolute atomic E-state index is 0.0768. The maximum absolute atomic E-state index is 13.5. The minimum atomic E-state index is -0.376. The van der Waals surface area contributed by atoms with Gasteiger partial charge in [-0.1, -0.05) is 48.0 Å². The Morgan fingerprint density at radius 2 is 1.74 bits per heavy atom. The monoisotopic (exact) mass is 436 g/mol. The number of rotatable bonds is 3. The van der Waals surface area contributed by atoms with Gasteiger partial charge in [0.05, 0.1) is 5.41 Å². The fraction of sp³-hybridized carbons (Fsp3) is 0.462. The van der Waals surface area contributed by atoms with Crippen LogP contribution in [0.25, 0.3) is 0 Å². The lowest BCUT2D eigenvalue weighted by molar-refractivity contribution is -0.148. The van der Waals surface area contributed by atoms with E-state index in [9.17, 15) is 9.59 Å². The highest BCUT2D eigenvalue weighted by atomic mass is 35.5. The van der Waals surface area contributed by atoms with Crippen LogP contribution in [0.5, 0.6) is 0 Å². The summed E-state index contributed by atoms with van der Waals surface area (Å²) in [6, 6.07) is 16.3. The van der Waals surface area contributed by atoms with Crippen LogP contribution in [-0.4, -0.2) is 41.2 Å². The summed E-state index contributed by atoms with van der Waals surface area (Å²) in [5.74, 6) is 0.905. The fourth-order valence-corrected chi connectivity index (χ4v) is 5.65. The van der Waals surface area contributed by atoms with Crippen molar-refractivity contribution >= 4 is 23.4 Å². The summed E-state index contributed by atoms with van der Waals surface area (Å²) in [5.41, 5.74) is 3.37. The van der Waals surface area contributed by atoms with Crippen LogP contribution in [0.15, 0.2) is 48.5 Å². The molecule has 1 saturated heterocycles. The molecule has 2 amide bonds. The summed E-state index contributed by atoms with van der Waals surface area (Å²) >= 11 is 6.00. The van der Waals surface area contributed by atoms with Gasteiger partial charge in [-0.15, -0.1) is 0 Å². The standard InChI is InChI=1S/C26H29ClN2O2/c1-2-28-17-20-6-4-3-5-19(20)16-26(25(28)31)11-13-29(14-12-26)24(30)23-15-22(23)18-7-9-21(27)10-8-18/h3-10,22-23H,2,11-17H2,1H3/t22-,23+/m1/s1. The molecule has 4 nitrogen and oxygen atoms in total. The molecule has 2 aliphatic heterocycles. The molecule has 5 rings (SSSR count). The predicted molar refractivity (Wildman–Crippen MR) is 122 cm³/mol. The van der Waals surface area contributed by atoms with Crippen LogP contribution in [0.2, 0.25) is 5.02 Å². The van der Waals surface area contributed by atoms with Crippen molar-refractivity contribution in [2.24, 2.45) is 11.3 Å². The second-order valence-electron chi connectivity index (χ2n) is 9.37. The predicted octanol–water partition coefficient (Wildman–Crippen LogP) is 4.66. The number of piperidine rings is 1. The molecule has 2 fully saturated rings. The Morgan fingerprint density at radius 1 is 1.06 bits per heavy atom. The maximum atomic E-state index is 13.5. The molecule has 2 aromatic carbocycles. The van der Waals surface area contributed by atoms with Gasteiger partial charge in [-0.2, -0.15) is 0 Å². The lowest BCUT2D eigenvalue weighted by Gasteiger charge is -2.42. The molecule has 3 aliphatic rings. The van der Waals surface area contributed by atoms with Crippen LogP contribution in [-0.2, 0) is 22.6 Å². The van der Waals surface area contributed by atoms with E-state index < -0.39 is 0 Å². The van der Waals surface area contributed by atoms with E-state index in [0.29, 0.717) is 25.6 Å². The minimum Gasteiger partial charge on any atom is -0.342 e. The zero-order chi connectivity index (χ0) is 21.6. The molecule has 1 saturated carbocycles. The van der Waals surface area contributed by atoms with Crippen molar-refractivity contribution in [1.82, 2.24) is 9.80 Å². The topological polar surface area (TPSA) is 40.6 Å². The highest BCUT2D eigenvalue weighted by Gasteiger charge is 2.50. The number of carbonyl (C=O) groups is 2. The van der Waals surface area contributed by atoms with Crippen molar-refractivity contribution in [3.05, 3.63) is 70.2 Å². The number of benzene rings is 2. The van der Waals surface area contributed by atoms with E-state index in [4.69, 9.17) is 11.6 Å². The first-order chi connectivity index (χ1) is 15.0. The smallest absolute Gasteiger partial charge is 0.229 e. The summed E-state index contributed by atoms with van der Waals surface area (Å²) in [4.78, 5) is 30.7. The first-order valence-electron chi connectivity index (χ1n) is 11.4. The van der Waals surface area contributed by atoms with E-state index in [2.05, 4.69) is 31.2 Å². The number of nitrogens with zero attached hydrogens (tertiary/aromatic N) is 2. The zero-order valence-electron chi connectivity index (χ0n) is 18.0. The second kappa shape index (κ2) is 7.98. The van der Waals surface area contributed by atoms with Crippen molar-refractivity contribution in [3.8, 4) is 0 Å². The molecule has 0 aromatic heterocycles. The van der Waals surface area contributed by atoms with E-state index >= 15 is 0 Å². The summed E-state index contributed by atoms with van der Waals surface area (Å²) in [6.45, 7) is 4.83. The van der Waals surface area contributed by atoms with Gasteiger partial charge in [0.25, 0.3) is 0 Å². The van der Waals surface area contributed by atoms with Crippen LogP contribution >= 0.6 is 11.6 Å². The average molecular weight is 437 g/mol. The summed E-state index contributed by atoms with van der Waals surface area (Å²) < 4.78 is 0. The molecule has 0 radical (unpaired) electrons. The Labute approximate surface area is 189 Å². The number of likely N-dealkylation sites (tertiary alicyclic amines) is 1. The summed E-state index contributed by atoms with van der Waals surface area (Å²) in [7, 11) is 0. The zero-order valence-corrected chi connectivity index (χ0v) is 18.8. The van der Waals surface area contributed by atoms with Crippen molar-refractivity contribution in [1.29, 1.82) is 0 Å². The van der Waals surface area contributed by atoms with Gasteiger partial charge in [-0.3, -0.25) is 9.59 Å². The largest absolute Gasteiger partial charge is 0.342 e. The maximum Gasteiger partial charge on any atom is 0.229 e. The Morgan fingerprint density at radius 3 is 2.42 bits per heavy atom. The molecule has 5 heteroatoms. The highest BCUT2D eigenvalue weighted by molar-refractivity contribution is 6.30. The molecular formula is C26H29ClN2O2. The average Bonchev–Trinajstić information content (AvgIpc) is 3.60. The van der Waals surface area contributed by atoms with Crippen molar-refractivity contribution in [3.63, 3.8) is 0 Å². The summed E-state index contributed by atoms with van der Waals surface area (Å²) in [6.07, 6.45) is 3.21. The van der Waals surface area contributed by atoms with E-state index in [1.165, 1.54) is 16.7 Å². The normalized spacial score (nSPS) is 24.6. The van der Waals surface area contributed by atoms with Crippen LogP contribution in [0.4, 0.5) is 0 Å². The number of halogens is 1. The molecule has 2 heterocycles. The van der Waals surface area contributed by atoms with Gasteiger partial charge in [0, 0.05) is 37.1 Å². The SMILES string of the molecule is CCN1Cc2ccccc2CC2(CCN(C(=O)[C@H]3C[C@@H]3c3ccc(Cl)cc3)CC2)C1=O. The summed E-state index contributed by atoms with van der Waals surface area (Å²) in [5, 5.41) is 0.726. The van der Waals surface area contributed by atoms with E-state index in [-0.39, 0.29) is 23.1 Å². The van der Waals surface area contributed by atoms with Crippen LogP contribution in [0, 0.1) is 11.3 Å². The van der Waals surface area contributed by atoms with Crippen LogP contribution in [0.1, 0.15) is 48.8 Å². The lowest BCUT2D eigenvalue weighted by atomic mass is 9.72. The number of amides is 2. The van der Waals surface area contributed by atoms with Gasteiger partial charge in [0.2, 0.25) is 11.8 Å². The molecular weight excluding hydrogens is 408 g/mol. The van der Waals surface area contributed by atoms with Crippen molar-refractivity contribution in [2.75, 3.05) is 19.6 Å². The molecule has 2 atom stereocenters. The third kappa shape index (κ3) is 3.76. The molecule has 162 valence electrons. The molecule has 0 bridgehead atoms. The number of fused-ring (bicyclic) bond motifs is 1. The molecule has 2 aromatic rings. The van der Waals surface area contributed by atoms with Gasteiger partial charge >= 0.3 is 0 Å². The Hall–Kier alpha value is -2.33. The Balaban J connectivity index is 1.28. The first kappa shape index (κ1) is 20.6. The molecule has 0 unspecified atom stereocenters. The fourth-order valence-electron chi connectivity index (χ4n) is 5.52. The number of carbonyl (C=O) groups excluding carboxylic acids is 2. The van der Waals surface area contributed by atoms with Gasteiger partial charge in [-0.05, 0) is 67.3 Å². The van der Waals surface area contributed by atoms with E-state index in [1.54, 1.807) is 0 Å². The molecule has 0 N–H and O–H groups in total. The van der Waals surface area contributed by atoms with Gasteiger partial charge in [0.15, 0.2) is 0 Å². The molecule has 1 spiro atoms. The third-order valence-electron chi connectivity index (χ3n) is 7.57. The molecule has 1 aliphatic carbocycles. The quantitative estimate of drug-likeness (QED) is 0.702. The first-order valence-corrected chi connectivity index (χ1v) is 11.8. The Kier molecular flexibility index (Phi) is 5.29. The van der Waals surface area contributed by atoms with Crippen LogP contribution < -0.4 is 0 Å². The van der Waals surface area contributed by atoms with Gasteiger partial charge < -0.3 is 9.80 Å². The molecule has 31 heavy (non-hydrogen) atoms. The van der Waals surface area contributed by atoms with Crippen molar-refractivity contribution in [2.45, 2.75) is 45.1 Å².